The van der Waals surface area contributed by atoms with Crippen LogP contribution in [-0.4, -0.2) is 46.9 Å². The lowest BCUT2D eigenvalue weighted by Crippen LogP contribution is -2.47. The van der Waals surface area contributed by atoms with Crippen molar-refractivity contribution in [3.63, 3.8) is 0 Å². The van der Waals surface area contributed by atoms with Crippen molar-refractivity contribution in [2.75, 3.05) is 31.9 Å². The number of piperazine rings is 1. The largest absolute Gasteiger partial charge is 0.383 e. The van der Waals surface area contributed by atoms with Gasteiger partial charge in [0.15, 0.2) is 0 Å². The monoisotopic (exact) mass is 248 g/mol. The zero-order chi connectivity index (χ0) is 13.1. The molecule has 1 fully saturated rings. The summed E-state index contributed by atoms with van der Waals surface area (Å²) in [5.41, 5.74) is 8.09. The van der Waals surface area contributed by atoms with E-state index in [1.54, 1.807) is 13.1 Å². The van der Waals surface area contributed by atoms with E-state index < -0.39 is 0 Å². The molecule has 18 heavy (non-hydrogen) atoms. The third-order valence-corrected chi connectivity index (χ3v) is 3.57. The fourth-order valence-electron chi connectivity index (χ4n) is 2.23. The molecule has 0 aromatic carbocycles. The highest BCUT2D eigenvalue weighted by Gasteiger charge is 2.19. The minimum atomic E-state index is 0.166. The molecule has 1 aromatic heterocycles. The summed E-state index contributed by atoms with van der Waals surface area (Å²) in [7, 11) is 0. The Balaban J connectivity index is 1.96. The molecule has 5 heteroatoms. The molecule has 2 N–H and O–H groups in total. The van der Waals surface area contributed by atoms with Crippen molar-refractivity contribution in [2.45, 2.75) is 20.4 Å². The summed E-state index contributed by atoms with van der Waals surface area (Å²) < 4.78 is 0. The van der Waals surface area contributed by atoms with Gasteiger partial charge in [0.25, 0.3) is 0 Å². The average Bonchev–Trinajstić information content (AvgIpc) is 2.36. The highest BCUT2D eigenvalue weighted by atomic mass is 16.2. The predicted octanol–water partition coefficient (Wildman–Crippen LogP) is 0.636. The van der Waals surface area contributed by atoms with Gasteiger partial charge in [-0.05, 0) is 24.1 Å². The van der Waals surface area contributed by atoms with Crippen LogP contribution >= 0.6 is 0 Å². The lowest BCUT2D eigenvalue weighted by Gasteiger charge is -2.34. The van der Waals surface area contributed by atoms with E-state index in [2.05, 4.69) is 9.88 Å². The molecular formula is C13H20N4O. The number of aromatic nitrogens is 1. The number of hydrogen-bond donors (Lipinski definition) is 1. The van der Waals surface area contributed by atoms with Crippen molar-refractivity contribution in [1.82, 2.24) is 14.8 Å². The first-order chi connectivity index (χ1) is 8.58. The number of pyridine rings is 1. The predicted molar refractivity (Wildman–Crippen MR) is 70.9 cm³/mol. The maximum atomic E-state index is 11.2. The minimum Gasteiger partial charge on any atom is -0.383 e. The quantitative estimate of drug-likeness (QED) is 0.834. The molecule has 1 saturated heterocycles. The SMILES string of the molecule is CC(=O)N1CCN(Cc2ccnc(N)c2C)CC1. The number of amides is 1. The average molecular weight is 248 g/mol. The fraction of sp³-hybridized carbons (Fsp3) is 0.538. The van der Waals surface area contributed by atoms with E-state index in [4.69, 9.17) is 5.73 Å². The van der Waals surface area contributed by atoms with Gasteiger partial charge in [-0.3, -0.25) is 9.69 Å². The molecule has 0 aliphatic carbocycles. The molecule has 0 atom stereocenters. The maximum absolute atomic E-state index is 11.2. The Hall–Kier alpha value is -1.62. The van der Waals surface area contributed by atoms with Gasteiger partial charge < -0.3 is 10.6 Å². The number of nitrogen functional groups attached to an aromatic ring is 1. The van der Waals surface area contributed by atoms with Gasteiger partial charge in [-0.15, -0.1) is 0 Å². The van der Waals surface area contributed by atoms with Crippen molar-refractivity contribution in [1.29, 1.82) is 0 Å². The van der Waals surface area contributed by atoms with Crippen molar-refractivity contribution >= 4 is 11.7 Å². The van der Waals surface area contributed by atoms with Gasteiger partial charge in [-0.1, -0.05) is 0 Å². The Morgan fingerprint density at radius 1 is 1.39 bits per heavy atom. The first kappa shape index (κ1) is 12.8. The van der Waals surface area contributed by atoms with Crippen molar-refractivity contribution in [3.05, 3.63) is 23.4 Å². The zero-order valence-electron chi connectivity index (χ0n) is 11.0. The third-order valence-electron chi connectivity index (χ3n) is 3.57. The number of nitrogens with two attached hydrogens (primary N) is 1. The summed E-state index contributed by atoms with van der Waals surface area (Å²) in [5, 5.41) is 0. The van der Waals surface area contributed by atoms with E-state index in [9.17, 15) is 4.79 Å². The van der Waals surface area contributed by atoms with Crippen LogP contribution < -0.4 is 5.73 Å². The second-order valence-electron chi connectivity index (χ2n) is 4.76. The summed E-state index contributed by atoms with van der Waals surface area (Å²) >= 11 is 0. The Morgan fingerprint density at radius 2 is 2.06 bits per heavy atom. The Morgan fingerprint density at radius 3 is 2.67 bits per heavy atom. The molecule has 0 spiro atoms. The van der Waals surface area contributed by atoms with Crippen LogP contribution in [0.2, 0.25) is 0 Å². The van der Waals surface area contributed by atoms with E-state index in [1.807, 2.05) is 17.9 Å². The van der Waals surface area contributed by atoms with Crippen LogP contribution in [0.5, 0.6) is 0 Å². The van der Waals surface area contributed by atoms with Gasteiger partial charge in [0.05, 0.1) is 0 Å². The lowest BCUT2D eigenvalue weighted by atomic mass is 10.1. The summed E-state index contributed by atoms with van der Waals surface area (Å²) in [6.45, 7) is 7.98. The molecule has 2 rings (SSSR count). The molecule has 98 valence electrons. The Bertz CT molecular complexity index is 439. The summed E-state index contributed by atoms with van der Waals surface area (Å²) in [5.74, 6) is 0.772. The number of rotatable bonds is 2. The van der Waals surface area contributed by atoms with E-state index in [1.165, 1.54) is 5.56 Å². The smallest absolute Gasteiger partial charge is 0.219 e. The van der Waals surface area contributed by atoms with Gasteiger partial charge >= 0.3 is 0 Å². The van der Waals surface area contributed by atoms with Gasteiger partial charge in [-0.25, -0.2) is 4.98 Å². The molecule has 5 nitrogen and oxygen atoms in total. The fourth-order valence-corrected chi connectivity index (χ4v) is 2.23. The van der Waals surface area contributed by atoms with Crippen LogP contribution in [0.15, 0.2) is 12.3 Å². The summed E-state index contributed by atoms with van der Waals surface area (Å²) in [4.78, 5) is 19.6. The zero-order valence-corrected chi connectivity index (χ0v) is 11.0. The molecular weight excluding hydrogens is 228 g/mol. The van der Waals surface area contributed by atoms with Crippen molar-refractivity contribution in [2.24, 2.45) is 0 Å². The highest BCUT2D eigenvalue weighted by Crippen LogP contribution is 2.16. The van der Waals surface area contributed by atoms with Crippen LogP contribution in [-0.2, 0) is 11.3 Å². The normalized spacial score (nSPS) is 16.9. The van der Waals surface area contributed by atoms with Gasteiger partial charge in [0, 0.05) is 45.8 Å². The van der Waals surface area contributed by atoms with Gasteiger partial charge in [-0.2, -0.15) is 0 Å². The van der Waals surface area contributed by atoms with Gasteiger partial charge in [0.2, 0.25) is 5.91 Å². The molecule has 0 radical (unpaired) electrons. The lowest BCUT2D eigenvalue weighted by molar-refractivity contribution is -0.130. The first-order valence-electron chi connectivity index (χ1n) is 6.25. The summed E-state index contributed by atoms with van der Waals surface area (Å²) in [6.07, 6.45) is 1.75. The summed E-state index contributed by atoms with van der Waals surface area (Å²) in [6, 6.07) is 2.02. The van der Waals surface area contributed by atoms with E-state index in [-0.39, 0.29) is 5.91 Å². The van der Waals surface area contributed by atoms with Crippen LogP contribution in [0, 0.1) is 6.92 Å². The Kier molecular flexibility index (Phi) is 3.81. The van der Waals surface area contributed by atoms with Crippen LogP contribution in [0.1, 0.15) is 18.1 Å². The molecule has 0 unspecified atom stereocenters. The molecule has 1 aliphatic heterocycles. The number of anilines is 1. The molecule has 2 heterocycles. The highest BCUT2D eigenvalue weighted by molar-refractivity contribution is 5.73. The number of carbonyl (C=O) groups is 1. The first-order valence-corrected chi connectivity index (χ1v) is 6.25. The van der Waals surface area contributed by atoms with Crippen molar-refractivity contribution in [3.8, 4) is 0 Å². The Labute approximate surface area is 108 Å². The minimum absolute atomic E-state index is 0.166. The van der Waals surface area contributed by atoms with Crippen LogP contribution in [0.4, 0.5) is 5.82 Å². The molecule has 0 bridgehead atoms. The third kappa shape index (κ3) is 2.79. The maximum Gasteiger partial charge on any atom is 0.219 e. The number of nitrogens with zero attached hydrogens (tertiary/aromatic N) is 3. The molecule has 1 amide bonds. The second kappa shape index (κ2) is 5.35. The van der Waals surface area contributed by atoms with Crippen molar-refractivity contribution < 1.29 is 4.79 Å². The standard InChI is InChI=1S/C13H20N4O/c1-10-12(3-4-15-13(10)14)9-16-5-7-17(8-6-16)11(2)18/h3-4H,5-9H2,1-2H3,(H2,14,15). The molecule has 0 saturated carbocycles. The van der Waals surface area contributed by atoms with Gasteiger partial charge in [0.1, 0.15) is 5.82 Å². The number of hydrogen-bond acceptors (Lipinski definition) is 4. The van der Waals surface area contributed by atoms with Crippen LogP contribution in [0.25, 0.3) is 0 Å². The molecule has 1 aliphatic rings. The molecule has 1 aromatic rings. The number of carbonyl (C=O) groups excluding carboxylic acids is 1. The van der Waals surface area contributed by atoms with E-state index in [0.29, 0.717) is 5.82 Å². The topological polar surface area (TPSA) is 62.5 Å². The van der Waals surface area contributed by atoms with E-state index in [0.717, 1.165) is 38.3 Å². The van der Waals surface area contributed by atoms with Crippen LogP contribution in [0.3, 0.4) is 0 Å². The van der Waals surface area contributed by atoms with E-state index >= 15 is 0 Å². The second-order valence-corrected chi connectivity index (χ2v) is 4.76.